The van der Waals surface area contributed by atoms with Crippen molar-refractivity contribution in [2.75, 3.05) is 12.4 Å². The molecule has 2 aromatic rings. The number of ether oxygens (including phenoxy) is 1. The maximum Gasteiger partial charge on any atom is 0.337 e. The maximum atomic E-state index is 11.9. The number of methoxy groups -OCH3 is 1. The van der Waals surface area contributed by atoms with Gasteiger partial charge in [0.2, 0.25) is 0 Å². The van der Waals surface area contributed by atoms with Crippen molar-refractivity contribution in [3.05, 3.63) is 47.8 Å². The number of anilines is 1. The van der Waals surface area contributed by atoms with Gasteiger partial charge >= 0.3 is 5.97 Å². The Balaban J connectivity index is 1.96. The first-order chi connectivity index (χ1) is 10.5. The van der Waals surface area contributed by atoms with Crippen molar-refractivity contribution in [1.82, 2.24) is 15.1 Å². The molecule has 1 aromatic carbocycles. The molecule has 0 unspecified atom stereocenters. The predicted octanol–water partition coefficient (Wildman–Crippen LogP) is 1.33. The van der Waals surface area contributed by atoms with Crippen LogP contribution in [-0.4, -0.2) is 33.9 Å². The molecule has 1 aromatic heterocycles. The minimum absolute atomic E-state index is 0.150. The van der Waals surface area contributed by atoms with Crippen molar-refractivity contribution < 1.29 is 14.3 Å². The van der Waals surface area contributed by atoms with Gasteiger partial charge in [-0.05, 0) is 42.5 Å². The van der Waals surface area contributed by atoms with Crippen LogP contribution in [0.15, 0.2) is 36.5 Å². The highest BCUT2D eigenvalue weighted by Gasteiger charge is 2.11. The summed E-state index contributed by atoms with van der Waals surface area (Å²) in [4.78, 5) is 23.3. The standard InChI is InChI=1S/C14H14N4O3S/c1-18-11(7-8-15-18)12(19)17-14(22)16-10-5-3-9(4-6-10)13(20)21-2/h3-8H,1-2H3,(H2,16,17,19,22). The number of aromatic nitrogens is 2. The molecule has 0 fully saturated rings. The monoisotopic (exact) mass is 318 g/mol. The van der Waals surface area contributed by atoms with Crippen LogP contribution in [0.2, 0.25) is 0 Å². The SMILES string of the molecule is COC(=O)c1ccc(NC(=S)NC(=O)c2ccnn2C)cc1. The van der Waals surface area contributed by atoms with Crippen molar-refractivity contribution in [1.29, 1.82) is 0 Å². The first kappa shape index (κ1) is 15.6. The van der Waals surface area contributed by atoms with E-state index in [-0.39, 0.29) is 11.0 Å². The summed E-state index contributed by atoms with van der Waals surface area (Å²) in [5.41, 5.74) is 1.46. The van der Waals surface area contributed by atoms with Gasteiger partial charge in [0.15, 0.2) is 5.11 Å². The highest BCUT2D eigenvalue weighted by Crippen LogP contribution is 2.10. The molecule has 0 saturated carbocycles. The first-order valence-corrected chi connectivity index (χ1v) is 6.71. The molecule has 8 heteroatoms. The van der Waals surface area contributed by atoms with Gasteiger partial charge in [-0.1, -0.05) is 0 Å². The van der Waals surface area contributed by atoms with Crippen LogP contribution < -0.4 is 10.6 Å². The lowest BCUT2D eigenvalue weighted by Crippen LogP contribution is -2.35. The number of nitrogens with zero attached hydrogens (tertiary/aromatic N) is 2. The van der Waals surface area contributed by atoms with Crippen LogP contribution in [-0.2, 0) is 11.8 Å². The Kier molecular flexibility index (Phi) is 4.84. The summed E-state index contributed by atoms with van der Waals surface area (Å²) < 4.78 is 6.06. The van der Waals surface area contributed by atoms with Crippen LogP contribution in [0.1, 0.15) is 20.8 Å². The lowest BCUT2D eigenvalue weighted by molar-refractivity contribution is 0.0600. The van der Waals surface area contributed by atoms with Gasteiger partial charge in [-0.2, -0.15) is 5.10 Å². The molecule has 22 heavy (non-hydrogen) atoms. The highest BCUT2D eigenvalue weighted by molar-refractivity contribution is 7.80. The molecule has 2 N–H and O–H groups in total. The van der Waals surface area contributed by atoms with Gasteiger partial charge in [0.05, 0.1) is 12.7 Å². The molecule has 0 atom stereocenters. The van der Waals surface area contributed by atoms with Crippen molar-refractivity contribution in [3.8, 4) is 0 Å². The van der Waals surface area contributed by atoms with Crippen molar-refractivity contribution in [2.45, 2.75) is 0 Å². The largest absolute Gasteiger partial charge is 0.465 e. The zero-order valence-corrected chi connectivity index (χ0v) is 12.8. The number of benzene rings is 1. The molecule has 0 aliphatic carbocycles. The summed E-state index contributed by atoms with van der Waals surface area (Å²) in [5.74, 6) is -0.776. The van der Waals surface area contributed by atoms with Gasteiger partial charge in [0, 0.05) is 18.9 Å². The number of amides is 1. The molecule has 7 nitrogen and oxygen atoms in total. The van der Waals surface area contributed by atoms with Crippen molar-refractivity contribution in [3.63, 3.8) is 0 Å². The molecule has 114 valence electrons. The Morgan fingerprint density at radius 3 is 2.45 bits per heavy atom. The number of esters is 1. The summed E-state index contributed by atoms with van der Waals surface area (Å²) >= 11 is 5.07. The number of carbonyl (C=O) groups is 2. The fourth-order valence-electron chi connectivity index (χ4n) is 1.73. The van der Waals surface area contributed by atoms with Crippen LogP contribution in [0.25, 0.3) is 0 Å². The van der Waals surface area contributed by atoms with Crippen LogP contribution in [0.5, 0.6) is 0 Å². The summed E-state index contributed by atoms with van der Waals surface area (Å²) in [6.07, 6.45) is 1.52. The molecule has 0 bridgehead atoms. The Morgan fingerprint density at radius 2 is 1.91 bits per heavy atom. The second-order valence-electron chi connectivity index (χ2n) is 4.32. The van der Waals surface area contributed by atoms with Crippen LogP contribution in [0.4, 0.5) is 5.69 Å². The summed E-state index contributed by atoms with van der Waals surface area (Å²) in [6, 6.07) is 8.10. The van der Waals surface area contributed by atoms with Crippen molar-refractivity contribution in [2.24, 2.45) is 7.05 Å². The number of thiocarbonyl (C=S) groups is 1. The molecule has 0 spiro atoms. The number of nitrogens with one attached hydrogen (secondary N) is 2. The van der Waals surface area contributed by atoms with Crippen LogP contribution in [0.3, 0.4) is 0 Å². The van der Waals surface area contributed by atoms with Gasteiger partial charge in [-0.15, -0.1) is 0 Å². The van der Waals surface area contributed by atoms with Gasteiger partial charge in [0.25, 0.3) is 5.91 Å². The van der Waals surface area contributed by atoms with E-state index < -0.39 is 5.97 Å². The van der Waals surface area contributed by atoms with E-state index in [2.05, 4.69) is 20.5 Å². The molecule has 0 aliphatic rings. The number of carbonyl (C=O) groups excluding carboxylic acids is 2. The van der Waals surface area contributed by atoms with Crippen LogP contribution >= 0.6 is 12.2 Å². The second-order valence-corrected chi connectivity index (χ2v) is 4.73. The van der Waals surface area contributed by atoms with E-state index in [0.29, 0.717) is 16.9 Å². The summed E-state index contributed by atoms with van der Waals surface area (Å²) in [6.45, 7) is 0. The zero-order valence-electron chi connectivity index (χ0n) is 12.0. The van der Waals surface area contributed by atoms with E-state index in [4.69, 9.17) is 12.2 Å². The number of hydrogen-bond acceptors (Lipinski definition) is 5. The van der Waals surface area contributed by atoms with Crippen LogP contribution in [0, 0.1) is 0 Å². The lowest BCUT2D eigenvalue weighted by atomic mass is 10.2. The Labute approximate surface area is 132 Å². The average Bonchev–Trinajstić information content (AvgIpc) is 2.93. The molecule has 0 saturated heterocycles. The third-order valence-corrected chi connectivity index (χ3v) is 3.05. The summed E-state index contributed by atoms with van der Waals surface area (Å²) in [5, 5.41) is 9.47. The van der Waals surface area contributed by atoms with E-state index in [9.17, 15) is 9.59 Å². The zero-order chi connectivity index (χ0) is 16.1. The third-order valence-electron chi connectivity index (χ3n) is 2.84. The second kappa shape index (κ2) is 6.81. The lowest BCUT2D eigenvalue weighted by Gasteiger charge is -2.10. The first-order valence-electron chi connectivity index (χ1n) is 6.30. The minimum atomic E-state index is -0.418. The smallest absolute Gasteiger partial charge is 0.337 e. The topological polar surface area (TPSA) is 85.2 Å². The molecule has 2 rings (SSSR count). The number of aryl methyl sites for hydroxylation is 1. The van der Waals surface area contributed by atoms with Gasteiger partial charge in [-0.3, -0.25) is 14.8 Å². The Morgan fingerprint density at radius 1 is 1.23 bits per heavy atom. The van der Waals surface area contributed by atoms with E-state index in [1.807, 2.05) is 0 Å². The minimum Gasteiger partial charge on any atom is -0.465 e. The fourth-order valence-corrected chi connectivity index (χ4v) is 1.94. The highest BCUT2D eigenvalue weighted by atomic mass is 32.1. The molecular weight excluding hydrogens is 304 g/mol. The normalized spacial score (nSPS) is 9.91. The Hall–Kier alpha value is -2.74. The number of hydrogen-bond donors (Lipinski definition) is 2. The molecular formula is C14H14N4O3S. The average molecular weight is 318 g/mol. The quantitative estimate of drug-likeness (QED) is 0.656. The third kappa shape index (κ3) is 3.67. The van der Waals surface area contributed by atoms with E-state index in [1.54, 1.807) is 37.4 Å². The summed E-state index contributed by atoms with van der Waals surface area (Å²) in [7, 11) is 2.98. The molecule has 0 aliphatic heterocycles. The molecule has 1 amide bonds. The maximum absolute atomic E-state index is 11.9. The van der Waals surface area contributed by atoms with Gasteiger partial charge in [-0.25, -0.2) is 4.79 Å². The predicted molar refractivity (Wildman–Crippen MR) is 84.7 cm³/mol. The Bertz CT molecular complexity index is 709. The van der Waals surface area contributed by atoms with Gasteiger partial charge in [0.1, 0.15) is 5.69 Å². The number of rotatable bonds is 3. The van der Waals surface area contributed by atoms with Crippen molar-refractivity contribution >= 4 is 34.9 Å². The molecule has 1 heterocycles. The van der Waals surface area contributed by atoms with E-state index in [1.165, 1.54) is 18.0 Å². The van der Waals surface area contributed by atoms with E-state index >= 15 is 0 Å². The fraction of sp³-hybridized carbons (Fsp3) is 0.143. The van der Waals surface area contributed by atoms with Gasteiger partial charge < -0.3 is 10.1 Å². The molecule has 0 radical (unpaired) electrons. The van der Waals surface area contributed by atoms with E-state index in [0.717, 1.165) is 0 Å².